The van der Waals surface area contributed by atoms with E-state index in [1.807, 2.05) is 24.3 Å². The summed E-state index contributed by atoms with van der Waals surface area (Å²) in [4.78, 5) is 100. The number of aryl methyl sites for hydroxylation is 1. The first-order valence-corrected chi connectivity index (χ1v) is 22.8. The minimum Gasteiger partial charge on any atom is -0.508 e. The molecule has 7 amide bonds. The van der Waals surface area contributed by atoms with E-state index in [2.05, 4.69) is 47.2 Å². The molecule has 3 heterocycles. The molecule has 69 heavy (non-hydrogen) atoms. The monoisotopic (exact) mass is 948 g/mol. The molecule has 7 atom stereocenters. The highest BCUT2D eigenvalue weighted by atomic mass is 16.3. The second kappa shape index (κ2) is 23.3. The molecule has 0 saturated carbocycles. The van der Waals surface area contributed by atoms with E-state index in [0.29, 0.717) is 41.8 Å². The first-order valence-electron chi connectivity index (χ1n) is 22.8. The number of aromatic amines is 1. The number of amides is 7. The Hall–Kier alpha value is -7.81. The predicted molar refractivity (Wildman–Crippen MR) is 252 cm³/mol. The van der Waals surface area contributed by atoms with Gasteiger partial charge < -0.3 is 58.6 Å². The zero-order valence-electron chi connectivity index (χ0n) is 38.6. The Morgan fingerprint density at radius 2 is 1.28 bits per heavy atom. The van der Waals surface area contributed by atoms with Gasteiger partial charge in [0.05, 0.1) is 11.7 Å². The van der Waals surface area contributed by atoms with E-state index in [1.54, 1.807) is 55.2 Å². The van der Waals surface area contributed by atoms with Crippen molar-refractivity contribution in [3.8, 4) is 11.5 Å². The zero-order chi connectivity index (χ0) is 49.8. The van der Waals surface area contributed by atoms with Crippen LogP contribution in [-0.4, -0.2) is 114 Å². The molecule has 6 rings (SSSR count). The smallest absolute Gasteiger partial charge is 0.243 e. The molecule has 2 bridgehead atoms. The maximum absolute atomic E-state index is 14.5. The third-order valence-electron chi connectivity index (χ3n) is 11.9. The highest BCUT2D eigenvalue weighted by molar-refractivity contribution is 5.97. The number of primary amides is 1. The number of hydrogen-bond donors (Lipinski definition) is 11. The van der Waals surface area contributed by atoms with Gasteiger partial charge in [0.25, 0.3) is 0 Å². The number of carbonyl (C=O) groups is 7. The van der Waals surface area contributed by atoms with Gasteiger partial charge in [-0.3, -0.25) is 38.2 Å². The van der Waals surface area contributed by atoms with Crippen LogP contribution in [0.1, 0.15) is 62.4 Å². The minimum atomic E-state index is -1.34. The van der Waals surface area contributed by atoms with E-state index < -0.39 is 89.6 Å². The summed E-state index contributed by atoms with van der Waals surface area (Å²) in [5.74, 6) is -5.83. The first-order chi connectivity index (χ1) is 32.9. The largest absolute Gasteiger partial charge is 0.508 e. The van der Waals surface area contributed by atoms with Crippen LogP contribution in [0.25, 0.3) is 10.9 Å². The molecule has 0 saturated heterocycles. The normalized spacial score (nSPS) is 23.2. The van der Waals surface area contributed by atoms with Gasteiger partial charge in [0.15, 0.2) is 0 Å². The Labute approximate surface area is 397 Å². The van der Waals surface area contributed by atoms with Crippen molar-refractivity contribution >= 4 is 52.3 Å². The number of aromatic hydroxyl groups is 2. The molecule has 0 aliphatic carbocycles. The van der Waals surface area contributed by atoms with Crippen molar-refractivity contribution in [1.29, 1.82) is 0 Å². The topological polar surface area (TPSA) is 331 Å². The lowest BCUT2D eigenvalue weighted by Crippen LogP contribution is -2.61. The van der Waals surface area contributed by atoms with Gasteiger partial charge in [0, 0.05) is 55.5 Å². The van der Waals surface area contributed by atoms with Gasteiger partial charge in [0.2, 0.25) is 41.4 Å². The van der Waals surface area contributed by atoms with Crippen LogP contribution in [-0.2, 0) is 65.8 Å². The number of fused-ring (bicyclic) bond motifs is 3. The molecule has 0 fully saturated rings. The van der Waals surface area contributed by atoms with E-state index in [1.165, 1.54) is 31.2 Å². The summed E-state index contributed by atoms with van der Waals surface area (Å²) >= 11 is 0. The molecule has 3 aromatic carbocycles. The molecule has 1 aliphatic rings. The average molecular weight is 949 g/mol. The Morgan fingerprint density at radius 1 is 0.710 bits per heavy atom. The second-order valence-electron chi connectivity index (χ2n) is 17.7. The zero-order valence-corrected chi connectivity index (χ0v) is 38.6. The standard InChI is InChI=1S/C48H60N12O9/c1-26(2)41-48(69)52-27(3)43(64)54-38(20-28-11-15-32(61)16-12-28)45(66)53-37(42(50)63)10-6-7-19-60-25-31(58-59-60)23-35(49)44(65)55-40(22-30-24-51-36-9-5-4-8-34(30)36)46(67)56-39(47(68)57-41)21-29-13-17-33(62)18-14-29/h4-5,8-9,11-18,24-27,35,37-41,51,61-62H,6-7,10,19-23,49H2,1-3H3,(H2,50,63)(H,52,69)(H,53,66)(H,54,64)(H,55,65)(H,56,67)(H,57,68)/t27-,35+,37+,38-,39-,40-,41-/m1/s1. The van der Waals surface area contributed by atoms with E-state index in [4.69, 9.17) is 11.5 Å². The van der Waals surface area contributed by atoms with Gasteiger partial charge in [-0.05, 0) is 79.1 Å². The van der Waals surface area contributed by atoms with Crippen LogP contribution in [0, 0.1) is 5.92 Å². The van der Waals surface area contributed by atoms with E-state index in [0.717, 1.165) is 10.9 Å². The van der Waals surface area contributed by atoms with Crippen molar-refractivity contribution in [3.63, 3.8) is 0 Å². The van der Waals surface area contributed by atoms with Crippen LogP contribution >= 0.6 is 0 Å². The number of nitrogens with two attached hydrogens (primary N) is 2. The van der Waals surface area contributed by atoms with Gasteiger partial charge in [-0.1, -0.05) is 61.5 Å². The Kier molecular flexibility index (Phi) is 17.1. The minimum absolute atomic E-state index is 0.0114. The maximum atomic E-state index is 14.5. The van der Waals surface area contributed by atoms with Crippen molar-refractivity contribution in [3.05, 3.63) is 108 Å². The number of rotatable bonds is 8. The number of benzene rings is 3. The lowest BCUT2D eigenvalue weighted by atomic mass is 9.99. The molecular weight excluding hydrogens is 889 g/mol. The van der Waals surface area contributed by atoms with Gasteiger partial charge in [-0.15, -0.1) is 5.10 Å². The number of phenolic OH excluding ortho intramolecular Hbond substituents is 2. The molecule has 0 unspecified atom stereocenters. The van der Waals surface area contributed by atoms with Crippen LogP contribution in [0.3, 0.4) is 0 Å². The Morgan fingerprint density at radius 3 is 1.90 bits per heavy atom. The lowest BCUT2D eigenvalue weighted by Gasteiger charge is -2.28. The fourth-order valence-corrected chi connectivity index (χ4v) is 7.93. The summed E-state index contributed by atoms with van der Waals surface area (Å²) in [5, 5.41) is 45.2. The Bertz CT molecular complexity index is 2610. The SMILES string of the molecule is CC(C)[C@H]1NC(=O)[C@@H](Cc2ccc(O)cc2)NC(=O)[C@@H](Cc2c[nH]c3ccccc23)NC(=O)[C@@H](N)Cc2cn(nn2)CCCC[C@@H](C(N)=O)NC(=O)[C@@H](Cc2ccc(O)cc2)NC(=O)[C@@H](C)NC1=O. The number of carbonyl (C=O) groups excluding carboxylic acids is 7. The molecule has 1 aliphatic heterocycles. The third kappa shape index (κ3) is 14.1. The van der Waals surface area contributed by atoms with Crippen molar-refractivity contribution in [1.82, 2.24) is 51.9 Å². The molecule has 5 aromatic rings. The van der Waals surface area contributed by atoms with Crippen LogP contribution in [0.15, 0.2) is 85.2 Å². The van der Waals surface area contributed by atoms with Crippen LogP contribution in [0.2, 0.25) is 0 Å². The van der Waals surface area contributed by atoms with E-state index in [9.17, 15) is 43.8 Å². The fourth-order valence-electron chi connectivity index (χ4n) is 7.93. The van der Waals surface area contributed by atoms with E-state index >= 15 is 0 Å². The molecule has 21 nitrogen and oxygen atoms in total. The summed E-state index contributed by atoms with van der Waals surface area (Å²) in [6.45, 7) is 5.09. The number of H-pyrrole nitrogens is 1. The molecule has 366 valence electrons. The summed E-state index contributed by atoms with van der Waals surface area (Å²) in [6, 6.07) is 10.7. The summed E-state index contributed by atoms with van der Waals surface area (Å²) < 4.78 is 1.55. The Balaban J connectivity index is 1.31. The number of hydrogen-bond acceptors (Lipinski definition) is 12. The fraction of sp³-hybridized carbons (Fsp3) is 0.396. The highest BCUT2D eigenvalue weighted by Gasteiger charge is 2.34. The van der Waals surface area contributed by atoms with Crippen molar-refractivity contribution < 1.29 is 43.8 Å². The number of nitrogens with one attached hydrogen (secondary N) is 7. The third-order valence-corrected chi connectivity index (χ3v) is 11.9. The predicted octanol–water partition coefficient (Wildman–Crippen LogP) is 0.0224. The highest BCUT2D eigenvalue weighted by Crippen LogP contribution is 2.20. The molecule has 0 spiro atoms. The quantitative estimate of drug-likeness (QED) is 0.0982. The summed E-state index contributed by atoms with van der Waals surface area (Å²) in [7, 11) is 0. The van der Waals surface area contributed by atoms with Crippen LogP contribution in [0.4, 0.5) is 0 Å². The first kappa shape index (κ1) is 50.6. The summed E-state index contributed by atoms with van der Waals surface area (Å²) in [6.07, 6.45) is 4.16. The number of aromatic nitrogens is 4. The number of para-hydroxylation sites is 1. The van der Waals surface area contributed by atoms with Gasteiger partial charge in [-0.25, -0.2) is 0 Å². The lowest BCUT2D eigenvalue weighted by molar-refractivity contribution is -0.135. The molecule has 21 heteroatoms. The van der Waals surface area contributed by atoms with Crippen LogP contribution < -0.4 is 43.4 Å². The second-order valence-corrected chi connectivity index (χ2v) is 17.7. The van der Waals surface area contributed by atoms with Crippen molar-refractivity contribution in [2.45, 2.75) is 115 Å². The molecule has 13 N–H and O–H groups in total. The van der Waals surface area contributed by atoms with Crippen molar-refractivity contribution in [2.24, 2.45) is 17.4 Å². The van der Waals surface area contributed by atoms with E-state index in [-0.39, 0.29) is 43.6 Å². The van der Waals surface area contributed by atoms with Gasteiger partial charge >= 0.3 is 0 Å². The number of phenols is 2. The maximum Gasteiger partial charge on any atom is 0.243 e. The van der Waals surface area contributed by atoms with Gasteiger partial charge in [-0.2, -0.15) is 0 Å². The molecule has 2 aromatic heterocycles. The molecule has 0 radical (unpaired) electrons. The molecular formula is C48H60N12O9. The average Bonchev–Trinajstić information content (AvgIpc) is 3.95. The van der Waals surface area contributed by atoms with Crippen LogP contribution in [0.5, 0.6) is 11.5 Å². The van der Waals surface area contributed by atoms with Crippen molar-refractivity contribution in [2.75, 3.05) is 0 Å². The van der Waals surface area contributed by atoms with Gasteiger partial charge in [0.1, 0.15) is 47.8 Å². The number of nitrogens with zero attached hydrogens (tertiary/aromatic N) is 3. The summed E-state index contributed by atoms with van der Waals surface area (Å²) in [5.41, 5.74) is 15.1.